The molecular formula is C23H36N4O. The van der Waals surface area contributed by atoms with Gasteiger partial charge in [-0.25, -0.2) is 4.98 Å². The number of hydrogen-bond acceptors (Lipinski definition) is 4. The van der Waals surface area contributed by atoms with Crippen molar-refractivity contribution < 1.29 is 5.11 Å². The number of aliphatic hydroxyl groups is 1. The Morgan fingerprint density at radius 1 is 1.11 bits per heavy atom. The van der Waals surface area contributed by atoms with Gasteiger partial charge in [0.1, 0.15) is 5.65 Å². The summed E-state index contributed by atoms with van der Waals surface area (Å²) in [6.07, 6.45) is 15.7. The van der Waals surface area contributed by atoms with Crippen LogP contribution >= 0.6 is 0 Å². The van der Waals surface area contributed by atoms with Gasteiger partial charge in [0.05, 0.1) is 6.10 Å². The Balaban J connectivity index is 1.67. The maximum absolute atomic E-state index is 9.94. The summed E-state index contributed by atoms with van der Waals surface area (Å²) in [7, 11) is 0. The monoisotopic (exact) mass is 384 g/mol. The fourth-order valence-electron chi connectivity index (χ4n) is 5.03. The quantitative estimate of drug-likeness (QED) is 0.653. The van der Waals surface area contributed by atoms with Gasteiger partial charge in [-0.1, -0.05) is 33.1 Å². The molecule has 4 rings (SSSR count). The lowest BCUT2D eigenvalue weighted by Crippen LogP contribution is -2.21. The van der Waals surface area contributed by atoms with Gasteiger partial charge in [-0.15, -0.1) is 0 Å². The van der Waals surface area contributed by atoms with Crippen LogP contribution in [-0.4, -0.2) is 32.3 Å². The number of aliphatic hydroxyl groups excluding tert-OH is 1. The first kappa shape index (κ1) is 19.7. The summed E-state index contributed by atoms with van der Waals surface area (Å²) in [4.78, 5) is 9.59. The summed E-state index contributed by atoms with van der Waals surface area (Å²) in [5.41, 5.74) is 2.54. The van der Waals surface area contributed by atoms with E-state index in [1.165, 1.54) is 43.1 Å². The van der Waals surface area contributed by atoms with E-state index in [0.717, 1.165) is 56.2 Å². The molecule has 0 aromatic carbocycles. The number of hydrogen-bond donors (Lipinski definition) is 2. The molecule has 2 N–H and O–H groups in total. The molecule has 0 radical (unpaired) electrons. The average Bonchev–Trinajstić information content (AvgIpc) is 3.08. The zero-order valence-electron chi connectivity index (χ0n) is 17.5. The van der Waals surface area contributed by atoms with Crippen molar-refractivity contribution in [3.63, 3.8) is 0 Å². The van der Waals surface area contributed by atoms with Gasteiger partial charge in [-0.2, -0.15) is 4.98 Å². The molecule has 0 saturated heterocycles. The van der Waals surface area contributed by atoms with Crippen LogP contribution in [0, 0.1) is 5.92 Å². The third kappa shape index (κ3) is 4.19. The maximum atomic E-state index is 9.94. The summed E-state index contributed by atoms with van der Waals surface area (Å²) in [5, 5.41) is 14.6. The molecule has 28 heavy (non-hydrogen) atoms. The molecule has 0 unspecified atom stereocenters. The molecule has 2 aliphatic carbocycles. The second-order valence-corrected chi connectivity index (χ2v) is 9.12. The first-order valence-electron chi connectivity index (χ1n) is 11.4. The number of anilines is 1. The Morgan fingerprint density at radius 3 is 2.57 bits per heavy atom. The molecule has 2 aromatic heterocycles. The van der Waals surface area contributed by atoms with Gasteiger partial charge in [-0.05, 0) is 62.3 Å². The Morgan fingerprint density at radius 2 is 1.86 bits per heavy atom. The van der Waals surface area contributed by atoms with Gasteiger partial charge in [0, 0.05) is 30.4 Å². The Hall–Kier alpha value is -1.62. The summed E-state index contributed by atoms with van der Waals surface area (Å²) in [6, 6.07) is 0.445. The average molecular weight is 385 g/mol. The third-order valence-corrected chi connectivity index (χ3v) is 6.93. The van der Waals surface area contributed by atoms with Crippen LogP contribution < -0.4 is 5.32 Å². The summed E-state index contributed by atoms with van der Waals surface area (Å²) >= 11 is 0. The van der Waals surface area contributed by atoms with Gasteiger partial charge in [0.2, 0.25) is 5.95 Å². The number of nitrogens with one attached hydrogen (secondary N) is 1. The lowest BCUT2D eigenvalue weighted by Gasteiger charge is -2.27. The second kappa shape index (κ2) is 8.81. The van der Waals surface area contributed by atoms with Crippen LogP contribution in [0.1, 0.15) is 95.6 Å². The van der Waals surface area contributed by atoms with E-state index in [0.29, 0.717) is 12.0 Å². The molecule has 0 bridgehead atoms. The largest absolute Gasteiger partial charge is 0.393 e. The minimum atomic E-state index is -0.127. The topological polar surface area (TPSA) is 63.0 Å². The fourth-order valence-corrected chi connectivity index (χ4v) is 5.03. The highest BCUT2D eigenvalue weighted by atomic mass is 16.3. The number of rotatable bonds is 6. The predicted octanol–water partition coefficient (Wildman–Crippen LogP) is 5.41. The van der Waals surface area contributed by atoms with Crippen molar-refractivity contribution in [1.29, 1.82) is 0 Å². The highest BCUT2D eigenvalue weighted by Gasteiger charge is 2.27. The van der Waals surface area contributed by atoms with E-state index in [2.05, 4.69) is 41.1 Å². The SMILES string of the molecule is CCCCNc1ncc2c(C3CCC(C)CC3)cn(C3CCC(O)CC3)c2n1. The van der Waals surface area contributed by atoms with Crippen molar-refractivity contribution in [3.8, 4) is 0 Å². The minimum Gasteiger partial charge on any atom is -0.393 e. The van der Waals surface area contributed by atoms with Crippen LogP contribution in [-0.2, 0) is 0 Å². The molecule has 5 nitrogen and oxygen atoms in total. The van der Waals surface area contributed by atoms with Crippen LogP contribution in [0.5, 0.6) is 0 Å². The molecule has 2 aliphatic rings. The van der Waals surface area contributed by atoms with Gasteiger partial charge < -0.3 is 15.0 Å². The lowest BCUT2D eigenvalue weighted by molar-refractivity contribution is 0.111. The Kier molecular flexibility index (Phi) is 6.19. The predicted molar refractivity (Wildman–Crippen MR) is 115 cm³/mol. The van der Waals surface area contributed by atoms with Crippen molar-refractivity contribution in [1.82, 2.24) is 14.5 Å². The van der Waals surface area contributed by atoms with E-state index < -0.39 is 0 Å². The van der Waals surface area contributed by atoms with E-state index in [4.69, 9.17) is 4.98 Å². The molecule has 154 valence electrons. The summed E-state index contributed by atoms with van der Waals surface area (Å²) in [6.45, 7) is 5.50. The minimum absolute atomic E-state index is 0.127. The van der Waals surface area contributed by atoms with Crippen LogP contribution in [0.25, 0.3) is 11.0 Å². The lowest BCUT2D eigenvalue weighted by atomic mass is 9.79. The van der Waals surface area contributed by atoms with Crippen LogP contribution in [0.4, 0.5) is 5.95 Å². The van der Waals surface area contributed by atoms with Crippen molar-refractivity contribution in [2.24, 2.45) is 5.92 Å². The van der Waals surface area contributed by atoms with E-state index in [1.807, 2.05) is 0 Å². The zero-order valence-corrected chi connectivity index (χ0v) is 17.5. The highest BCUT2D eigenvalue weighted by Crippen LogP contribution is 2.41. The second-order valence-electron chi connectivity index (χ2n) is 9.12. The van der Waals surface area contributed by atoms with E-state index in [-0.39, 0.29) is 6.10 Å². The molecule has 2 heterocycles. The zero-order chi connectivity index (χ0) is 19.5. The molecule has 2 fully saturated rings. The van der Waals surface area contributed by atoms with Crippen molar-refractivity contribution in [2.45, 2.75) is 96.1 Å². The normalized spacial score (nSPS) is 28.5. The van der Waals surface area contributed by atoms with Gasteiger partial charge in [0.25, 0.3) is 0 Å². The first-order chi connectivity index (χ1) is 13.7. The van der Waals surface area contributed by atoms with E-state index >= 15 is 0 Å². The van der Waals surface area contributed by atoms with Gasteiger partial charge >= 0.3 is 0 Å². The Bertz CT molecular complexity index is 770. The maximum Gasteiger partial charge on any atom is 0.224 e. The number of unbranched alkanes of at least 4 members (excludes halogenated alkanes) is 1. The number of aromatic nitrogens is 3. The number of fused-ring (bicyclic) bond motifs is 1. The van der Waals surface area contributed by atoms with E-state index in [1.54, 1.807) is 0 Å². The van der Waals surface area contributed by atoms with E-state index in [9.17, 15) is 5.11 Å². The third-order valence-electron chi connectivity index (χ3n) is 6.93. The highest BCUT2D eigenvalue weighted by molar-refractivity contribution is 5.81. The molecule has 0 amide bonds. The van der Waals surface area contributed by atoms with Crippen LogP contribution in [0.3, 0.4) is 0 Å². The fraction of sp³-hybridized carbons (Fsp3) is 0.739. The molecular weight excluding hydrogens is 348 g/mol. The molecule has 0 atom stereocenters. The van der Waals surface area contributed by atoms with Crippen LogP contribution in [0.2, 0.25) is 0 Å². The van der Waals surface area contributed by atoms with Crippen molar-refractivity contribution >= 4 is 17.0 Å². The first-order valence-corrected chi connectivity index (χ1v) is 11.4. The Labute approximate surface area is 169 Å². The standard InChI is InChI=1S/C23H36N4O/c1-3-4-13-24-23-25-14-20-21(17-7-5-16(2)6-8-17)15-27(22(20)26-23)18-9-11-19(28)12-10-18/h14-19,28H,3-13H2,1-2H3,(H,24,25,26). The smallest absolute Gasteiger partial charge is 0.224 e. The van der Waals surface area contributed by atoms with Crippen molar-refractivity contribution in [2.75, 3.05) is 11.9 Å². The molecule has 5 heteroatoms. The van der Waals surface area contributed by atoms with Gasteiger partial charge in [0.15, 0.2) is 0 Å². The van der Waals surface area contributed by atoms with Crippen LogP contribution in [0.15, 0.2) is 12.4 Å². The summed E-state index contributed by atoms with van der Waals surface area (Å²) in [5.74, 6) is 2.24. The molecule has 2 aromatic rings. The van der Waals surface area contributed by atoms with Crippen molar-refractivity contribution in [3.05, 3.63) is 18.0 Å². The number of nitrogens with zero attached hydrogens (tertiary/aromatic N) is 3. The molecule has 0 aliphatic heterocycles. The van der Waals surface area contributed by atoms with Gasteiger partial charge in [-0.3, -0.25) is 0 Å². The summed E-state index contributed by atoms with van der Waals surface area (Å²) < 4.78 is 2.42. The molecule has 0 spiro atoms. The molecule has 2 saturated carbocycles.